The lowest BCUT2D eigenvalue weighted by molar-refractivity contribution is 0.189. The quantitative estimate of drug-likeness (QED) is 0.909. The topological polar surface area (TPSA) is 30.5 Å². The zero-order valence-corrected chi connectivity index (χ0v) is 11.9. The standard InChI is InChI=1S/C18H19NO2/c1-2-14-3-5-15(6-4-14)11-21-17-9-7-16(8-10-17)18-12-20-13-19-18/h2-10,18-19H,1,11-13H2/t18-/m1/s1. The number of rotatable bonds is 5. The van der Waals surface area contributed by atoms with Gasteiger partial charge in [-0.05, 0) is 28.8 Å². The summed E-state index contributed by atoms with van der Waals surface area (Å²) in [5.41, 5.74) is 3.50. The Morgan fingerprint density at radius 1 is 1.14 bits per heavy atom. The Bertz CT molecular complexity index is 584. The van der Waals surface area contributed by atoms with Gasteiger partial charge < -0.3 is 9.47 Å². The third kappa shape index (κ3) is 3.51. The van der Waals surface area contributed by atoms with Gasteiger partial charge in [0.2, 0.25) is 0 Å². The van der Waals surface area contributed by atoms with Crippen LogP contribution in [0.3, 0.4) is 0 Å². The minimum Gasteiger partial charge on any atom is -0.489 e. The molecule has 2 aromatic rings. The summed E-state index contributed by atoms with van der Waals surface area (Å²) in [6.07, 6.45) is 1.84. The fourth-order valence-electron chi connectivity index (χ4n) is 2.32. The molecule has 1 saturated heterocycles. The number of ether oxygens (including phenoxy) is 2. The van der Waals surface area contributed by atoms with E-state index in [1.807, 2.05) is 30.3 Å². The fourth-order valence-corrected chi connectivity index (χ4v) is 2.32. The lowest BCUT2D eigenvalue weighted by Crippen LogP contribution is -2.14. The molecule has 1 aliphatic rings. The van der Waals surface area contributed by atoms with Gasteiger partial charge in [0, 0.05) is 0 Å². The minimum atomic E-state index is 0.297. The van der Waals surface area contributed by atoms with Crippen LogP contribution in [-0.2, 0) is 11.3 Å². The summed E-state index contributed by atoms with van der Waals surface area (Å²) in [4.78, 5) is 0. The molecule has 2 aromatic carbocycles. The van der Waals surface area contributed by atoms with Crippen LogP contribution < -0.4 is 10.1 Å². The zero-order valence-electron chi connectivity index (χ0n) is 11.9. The Kier molecular flexibility index (Phi) is 4.34. The Balaban J connectivity index is 1.58. The average Bonchev–Trinajstić information content (AvgIpc) is 3.08. The molecule has 21 heavy (non-hydrogen) atoms. The second-order valence-electron chi connectivity index (χ2n) is 5.08. The second kappa shape index (κ2) is 6.57. The van der Waals surface area contributed by atoms with Gasteiger partial charge in [0.05, 0.1) is 19.4 Å². The molecule has 1 aliphatic heterocycles. The summed E-state index contributed by atoms with van der Waals surface area (Å²) in [5, 5.41) is 3.29. The van der Waals surface area contributed by atoms with Crippen molar-refractivity contribution in [2.24, 2.45) is 0 Å². The van der Waals surface area contributed by atoms with E-state index in [4.69, 9.17) is 9.47 Å². The first-order valence-corrected chi connectivity index (χ1v) is 7.10. The van der Waals surface area contributed by atoms with Crippen molar-refractivity contribution >= 4 is 6.08 Å². The molecule has 108 valence electrons. The van der Waals surface area contributed by atoms with Crippen molar-refractivity contribution in [2.45, 2.75) is 12.6 Å². The van der Waals surface area contributed by atoms with Crippen molar-refractivity contribution in [3.05, 3.63) is 71.8 Å². The molecule has 1 atom stereocenters. The zero-order chi connectivity index (χ0) is 14.5. The normalized spacial score (nSPS) is 17.6. The van der Waals surface area contributed by atoms with E-state index in [2.05, 4.69) is 36.2 Å². The molecule has 1 N–H and O–H groups in total. The van der Waals surface area contributed by atoms with Gasteiger partial charge in [-0.2, -0.15) is 0 Å². The average molecular weight is 281 g/mol. The van der Waals surface area contributed by atoms with Gasteiger partial charge in [-0.25, -0.2) is 0 Å². The number of benzene rings is 2. The van der Waals surface area contributed by atoms with Gasteiger partial charge in [0.25, 0.3) is 0 Å². The largest absolute Gasteiger partial charge is 0.489 e. The third-order valence-electron chi connectivity index (χ3n) is 3.62. The van der Waals surface area contributed by atoms with E-state index in [1.165, 1.54) is 5.56 Å². The molecule has 3 heteroatoms. The molecule has 0 bridgehead atoms. The summed E-state index contributed by atoms with van der Waals surface area (Å²) in [6, 6.07) is 16.7. The first-order valence-electron chi connectivity index (χ1n) is 7.10. The lowest BCUT2D eigenvalue weighted by atomic mass is 10.1. The second-order valence-corrected chi connectivity index (χ2v) is 5.08. The van der Waals surface area contributed by atoms with Crippen molar-refractivity contribution in [1.29, 1.82) is 0 Å². The van der Waals surface area contributed by atoms with Crippen LogP contribution in [0.2, 0.25) is 0 Å². The highest BCUT2D eigenvalue weighted by Gasteiger charge is 2.16. The van der Waals surface area contributed by atoms with Crippen molar-refractivity contribution < 1.29 is 9.47 Å². The molecule has 0 aliphatic carbocycles. The Morgan fingerprint density at radius 2 is 1.90 bits per heavy atom. The molecule has 3 rings (SSSR count). The van der Waals surface area contributed by atoms with E-state index < -0.39 is 0 Å². The van der Waals surface area contributed by atoms with Crippen molar-refractivity contribution in [3.8, 4) is 5.75 Å². The monoisotopic (exact) mass is 281 g/mol. The van der Waals surface area contributed by atoms with E-state index >= 15 is 0 Å². The van der Waals surface area contributed by atoms with Crippen LogP contribution in [0.1, 0.15) is 22.7 Å². The third-order valence-corrected chi connectivity index (χ3v) is 3.62. The molecular weight excluding hydrogens is 262 g/mol. The summed E-state index contributed by atoms with van der Waals surface area (Å²) in [6.45, 7) is 5.68. The maximum Gasteiger partial charge on any atom is 0.119 e. The number of nitrogens with one attached hydrogen (secondary N) is 1. The molecule has 0 spiro atoms. The van der Waals surface area contributed by atoms with Crippen LogP contribution in [0.15, 0.2) is 55.1 Å². The summed E-state index contributed by atoms with van der Waals surface area (Å²) in [5.74, 6) is 0.880. The van der Waals surface area contributed by atoms with Crippen molar-refractivity contribution in [2.75, 3.05) is 13.3 Å². The Labute approximate surface area is 125 Å². The lowest BCUT2D eigenvalue weighted by Gasteiger charge is -2.11. The van der Waals surface area contributed by atoms with Crippen LogP contribution in [0.5, 0.6) is 5.75 Å². The van der Waals surface area contributed by atoms with Gasteiger partial charge in [0.15, 0.2) is 0 Å². The predicted octanol–water partition coefficient (Wildman–Crippen LogP) is 3.53. The van der Waals surface area contributed by atoms with Crippen LogP contribution in [0.25, 0.3) is 6.08 Å². The van der Waals surface area contributed by atoms with Crippen molar-refractivity contribution in [3.63, 3.8) is 0 Å². The molecule has 1 heterocycles. The number of hydrogen-bond donors (Lipinski definition) is 1. The first kappa shape index (κ1) is 13.9. The van der Waals surface area contributed by atoms with Gasteiger partial charge in [-0.3, -0.25) is 5.32 Å². The smallest absolute Gasteiger partial charge is 0.119 e. The molecule has 0 aromatic heterocycles. The van der Waals surface area contributed by atoms with Crippen molar-refractivity contribution in [1.82, 2.24) is 5.32 Å². The van der Waals surface area contributed by atoms with Crippen LogP contribution in [0, 0.1) is 0 Å². The molecule has 0 radical (unpaired) electrons. The maximum absolute atomic E-state index is 5.81. The SMILES string of the molecule is C=Cc1ccc(COc2ccc([C@H]3COCN3)cc2)cc1. The van der Waals surface area contributed by atoms with Crippen LogP contribution >= 0.6 is 0 Å². The highest BCUT2D eigenvalue weighted by Crippen LogP contribution is 2.21. The fraction of sp³-hybridized carbons (Fsp3) is 0.222. The Morgan fingerprint density at radius 3 is 2.52 bits per heavy atom. The molecule has 0 unspecified atom stereocenters. The predicted molar refractivity (Wildman–Crippen MR) is 84.0 cm³/mol. The molecular formula is C18H19NO2. The highest BCUT2D eigenvalue weighted by molar-refractivity contribution is 5.47. The molecule has 0 amide bonds. The van der Waals surface area contributed by atoms with Gasteiger partial charge in [0.1, 0.15) is 12.4 Å². The van der Waals surface area contributed by atoms with Gasteiger partial charge in [-0.15, -0.1) is 0 Å². The summed E-state index contributed by atoms with van der Waals surface area (Å²) >= 11 is 0. The minimum absolute atomic E-state index is 0.297. The van der Waals surface area contributed by atoms with E-state index in [-0.39, 0.29) is 0 Å². The van der Waals surface area contributed by atoms with Crippen LogP contribution in [0.4, 0.5) is 0 Å². The number of hydrogen-bond acceptors (Lipinski definition) is 3. The summed E-state index contributed by atoms with van der Waals surface area (Å²) in [7, 11) is 0. The highest BCUT2D eigenvalue weighted by atomic mass is 16.5. The van der Waals surface area contributed by atoms with E-state index in [1.54, 1.807) is 0 Å². The summed E-state index contributed by atoms with van der Waals surface area (Å²) < 4.78 is 11.1. The first-order chi connectivity index (χ1) is 10.3. The van der Waals surface area contributed by atoms with E-state index in [9.17, 15) is 0 Å². The molecule has 0 saturated carbocycles. The van der Waals surface area contributed by atoms with Gasteiger partial charge in [-0.1, -0.05) is 49.1 Å². The van der Waals surface area contributed by atoms with Crippen LogP contribution in [-0.4, -0.2) is 13.3 Å². The molecule has 1 fully saturated rings. The van der Waals surface area contributed by atoms with E-state index in [0.29, 0.717) is 19.4 Å². The maximum atomic E-state index is 5.81. The van der Waals surface area contributed by atoms with E-state index in [0.717, 1.165) is 23.5 Å². The molecule has 3 nitrogen and oxygen atoms in total. The Hall–Kier alpha value is -2.10. The van der Waals surface area contributed by atoms with Gasteiger partial charge >= 0.3 is 0 Å².